The van der Waals surface area contributed by atoms with E-state index in [1.807, 2.05) is 25.1 Å². The largest absolute Gasteiger partial charge is 0.487 e. The SMILES string of the molecule is Cc1cc(-n2ncc(F)c2C)c2cccc(OCc3c(Cl)cc(F)cc3[C@H](C)N)c2n1. The zero-order chi connectivity index (χ0) is 22.3. The lowest BCUT2D eigenvalue weighted by Gasteiger charge is -2.17. The van der Waals surface area contributed by atoms with Crippen LogP contribution in [0.1, 0.15) is 35.5 Å². The van der Waals surface area contributed by atoms with Gasteiger partial charge in [-0.1, -0.05) is 23.7 Å². The molecule has 0 saturated carbocycles. The van der Waals surface area contributed by atoms with E-state index in [-0.39, 0.29) is 17.4 Å². The third-order valence-corrected chi connectivity index (χ3v) is 5.48. The number of pyridine rings is 1. The molecular weight excluding hydrogens is 422 g/mol. The smallest absolute Gasteiger partial charge is 0.164 e. The number of para-hydroxylation sites is 1. The Bertz CT molecular complexity index is 1290. The minimum atomic E-state index is -0.449. The van der Waals surface area contributed by atoms with Crippen LogP contribution < -0.4 is 10.5 Å². The highest BCUT2D eigenvalue weighted by atomic mass is 35.5. The van der Waals surface area contributed by atoms with Gasteiger partial charge in [-0.2, -0.15) is 5.10 Å². The van der Waals surface area contributed by atoms with Gasteiger partial charge >= 0.3 is 0 Å². The van der Waals surface area contributed by atoms with Gasteiger partial charge in [0.25, 0.3) is 0 Å². The standard InChI is InChI=1S/C23H21ClF2N4O/c1-12-7-21(30-14(3)20(26)10-28-30)16-5-4-6-22(23(16)29-12)31-11-18-17(13(2)27)8-15(25)9-19(18)24/h4-10,13H,11,27H2,1-3H3/t13-/m0/s1. The Morgan fingerprint density at radius 1 is 1.19 bits per heavy atom. The molecule has 0 saturated heterocycles. The molecule has 2 heterocycles. The van der Waals surface area contributed by atoms with Crippen molar-refractivity contribution in [1.82, 2.24) is 14.8 Å². The Hall–Kier alpha value is -3.03. The van der Waals surface area contributed by atoms with Crippen LogP contribution in [0.15, 0.2) is 42.6 Å². The molecule has 0 fully saturated rings. The van der Waals surface area contributed by atoms with Crippen molar-refractivity contribution in [2.75, 3.05) is 0 Å². The van der Waals surface area contributed by atoms with E-state index in [1.54, 1.807) is 24.6 Å². The van der Waals surface area contributed by atoms with Crippen molar-refractivity contribution in [2.45, 2.75) is 33.4 Å². The van der Waals surface area contributed by atoms with Gasteiger partial charge in [0.05, 0.1) is 22.6 Å². The third-order valence-electron chi connectivity index (χ3n) is 5.14. The molecule has 0 aliphatic heterocycles. The first-order chi connectivity index (χ1) is 14.8. The van der Waals surface area contributed by atoms with E-state index >= 15 is 0 Å². The number of rotatable bonds is 5. The lowest BCUT2D eigenvalue weighted by atomic mass is 10.0. The van der Waals surface area contributed by atoms with Crippen LogP contribution in [0.3, 0.4) is 0 Å². The molecule has 0 bridgehead atoms. The molecule has 0 aliphatic rings. The van der Waals surface area contributed by atoms with Crippen LogP contribution >= 0.6 is 11.6 Å². The maximum atomic E-state index is 13.9. The maximum absolute atomic E-state index is 13.9. The molecule has 5 nitrogen and oxygen atoms in total. The number of nitrogens with two attached hydrogens (primary N) is 1. The van der Waals surface area contributed by atoms with E-state index in [0.717, 1.165) is 11.1 Å². The molecule has 2 aromatic heterocycles. The zero-order valence-electron chi connectivity index (χ0n) is 17.3. The molecule has 0 spiro atoms. The van der Waals surface area contributed by atoms with Crippen molar-refractivity contribution in [3.05, 3.63) is 81.8 Å². The summed E-state index contributed by atoms with van der Waals surface area (Å²) in [6.07, 6.45) is 1.18. The summed E-state index contributed by atoms with van der Waals surface area (Å²) < 4.78 is 35.3. The second kappa shape index (κ2) is 8.24. The zero-order valence-corrected chi connectivity index (χ0v) is 18.0. The molecule has 0 amide bonds. The minimum Gasteiger partial charge on any atom is -0.487 e. The van der Waals surface area contributed by atoms with Gasteiger partial charge in [0.15, 0.2) is 5.82 Å². The molecule has 2 N–H and O–H groups in total. The van der Waals surface area contributed by atoms with E-state index in [2.05, 4.69) is 10.1 Å². The fourth-order valence-electron chi connectivity index (χ4n) is 3.58. The lowest BCUT2D eigenvalue weighted by Crippen LogP contribution is -2.11. The maximum Gasteiger partial charge on any atom is 0.164 e. The van der Waals surface area contributed by atoms with Crippen molar-refractivity contribution in [1.29, 1.82) is 0 Å². The van der Waals surface area contributed by atoms with E-state index in [4.69, 9.17) is 22.1 Å². The van der Waals surface area contributed by atoms with Crippen molar-refractivity contribution < 1.29 is 13.5 Å². The second-order valence-electron chi connectivity index (χ2n) is 7.46. The van der Waals surface area contributed by atoms with Gasteiger partial charge in [0.1, 0.15) is 23.7 Å². The van der Waals surface area contributed by atoms with Gasteiger partial charge in [-0.15, -0.1) is 0 Å². The third kappa shape index (κ3) is 3.98. The summed E-state index contributed by atoms with van der Waals surface area (Å²) in [5, 5.41) is 5.16. The average Bonchev–Trinajstić information content (AvgIpc) is 3.04. The van der Waals surface area contributed by atoms with Gasteiger partial charge in [-0.25, -0.2) is 18.4 Å². The Morgan fingerprint density at radius 2 is 1.97 bits per heavy atom. The Balaban J connectivity index is 1.78. The molecule has 8 heteroatoms. The monoisotopic (exact) mass is 442 g/mol. The number of hydrogen-bond acceptors (Lipinski definition) is 4. The van der Waals surface area contributed by atoms with Crippen LogP contribution in [0, 0.1) is 25.5 Å². The van der Waals surface area contributed by atoms with Gasteiger partial charge < -0.3 is 10.5 Å². The van der Waals surface area contributed by atoms with Crippen LogP contribution in [0.5, 0.6) is 5.75 Å². The summed E-state index contributed by atoms with van der Waals surface area (Å²) in [6, 6.07) is 9.53. The Labute approximate surface area is 183 Å². The average molecular weight is 443 g/mol. The second-order valence-corrected chi connectivity index (χ2v) is 7.86. The molecule has 4 aromatic rings. The highest BCUT2D eigenvalue weighted by Crippen LogP contribution is 2.32. The minimum absolute atomic E-state index is 0.0927. The molecule has 1 atom stereocenters. The van der Waals surface area contributed by atoms with Crippen LogP contribution in [0.2, 0.25) is 5.02 Å². The predicted molar refractivity (Wildman–Crippen MR) is 117 cm³/mol. The van der Waals surface area contributed by atoms with Crippen LogP contribution in [-0.2, 0) is 6.61 Å². The topological polar surface area (TPSA) is 66.0 Å². The number of hydrogen-bond donors (Lipinski definition) is 1. The summed E-state index contributed by atoms with van der Waals surface area (Å²) in [5.74, 6) is -0.317. The Morgan fingerprint density at radius 3 is 2.65 bits per heavy atom. The quantitative estimate of drug-likeness (QED) is 0.439. The lowest BCUT2D eigenvalue weighted by molar-refractivity contribution is 0.307. The van der Waals surface area contributed by atoms with Gasteiger partial charge in [0, 0.05) is 22.7 Å². The molecule has 4 rings (SSSR count). The first kappa shape index (κ1) is 21.2. The summed E-state index contributed by atoms with van der Waals surface area (Å²) >= 11 is 6.28. The van der Waals surface area contributed by atoms with Crippen LogP contribution in [-0.4, -0.2) is 14.8 Å². The molecule has 0 aliphatic carbocycles. The number of ether oxygens (including phenoxy) is 1. The number of aromatic nitrogens is 3. The summed E-state index contributed by atoms with van der Waals surface area (Å²) in [4.78, 5) is 4.63. The normalized spacial score (nSPS) is 12.4. The fourth-order valence-corrected chi connectivity index (χ4v) is 3.85. The molecular formula is C23H21ClF2N4O. The number of fused-ring (bicyclic) bond motifs is 1. The number of benzene rings is 2. The number of aryl methyl sites for hydroxylation is 1. The molecule has 160 valence electrons. The van der Waals surface area contributed by atoms with E-state index in [0.29, 0.717) is 33.8 Å². The molecule has 31 heavy (non-hydrogen) atoms. The van der Waals surface area contributed by atoms with Crippen molar-refractivity contribution in [3.8, 4) is 11.4 Å². The first-order valence-corrected chi connectivity index (χ1v) is 10.1. The van der Waals surface area contributed by atoms with E-state index in [9.17, 15) is 8.78 Å². The molecule has 0 unspecified atom stereocenters. The highest BCUT2D eigenvalue weighted by molar-refractivity contribution is 6.31. The van der Waals surface area contributed by atoms with Crippen LogP contribution in [0.4, 0.5) is 8.78 Å². The van der Waals surface area contributed by atoms with E-state index < -0.39 is 11.9 Å². The first-order valence-electron chi connectivity index (χ1n) is 9.73. The van der Waals surface area contributed by atoms with Gasteiger partial charge in [0.2, 0.25) is 0 Å². The summed E-state index contributed by atoms with van der Waals surface area (Å²) in [7, 11) is 0. The number of halogens is 3. The van der Waals surface area contributed by atoms with Crippen molar-refractivity contribution in [3.63, 3.8) is 0 Å². The number of nitrogens with zero attached hydrogens (tertiary/aromatic N) is 3. The highest BCUT2D eigenvalue weighted by Gasteiger charge is 2.17. The van der Waals surface area contributed by atoms with Crippen LogP contribution in [0.25, 0.3) is 16.6 Å². The Kier molecular flexibility index (Phi) is 5.64. The van der Waals surface area contributed by atoms with Gasteiger partial charge in [-0.3, -0.25) is 0 Å². The van der Waals surface area contributed by atoms with Crippen molar-refractivity contribution >= 4 is 22.5 Å². The summed E-state index contributed by atoms with van der Waals surface area (Å²) in [5.41, 5.74) is 9.63. The fraction of sp³-hybridized carbons (Fsp3) is 0.217. The van der Waals surface area contributed by atoms with Crippen molar-refractivity contribution in [2.24, 2.45) is 5.73 Å². The van der Waals surface area contributed by atoms with E-state index in [1.165, 1.54) is 18.3 Å². The predicted octanol–water partition coefficient (Wildman–Crippen LogP) is 5.57. The molecule has 2 aromatic carbocycles. The van der Waals surface area contributed by atoms with Gasteiger partial charge in [-0.05, 0) is 50.6 Å². The summed E-state index contributed by atoms with van der Waals surface area (Å²) in [6.45, 7) is 5.36. The molecule has 0 radical (unpaired) electrons.